The van der Waals surface area contributed by atoms with E-state index in [1.807, 2.05) is 44.2 Å². The summed E-state index contributed by atoms with van der Waals surface area (Å²) in [5.41, 5.74) is -1.15. The van der Waals surface area contributed by atoms with Crippen molar-refractivity contribution in [3.05, 3.63) is 35.9 Å². The second-order valence-corrected chi connectivity index (χ2v) is 11.2. The van der Waals surface area contributed by atoms with Crippen molar-refractivity contribution in [2.24, 2.45) is 5.92 Å². The van der Waals surface area contributed by atoms with Gasteiger partial charge in [-0.05, 0) is 38.2 Å². The Morgan fingerprint density at radius 1 is 1.11 bits per heavy atom. The highest BCUT2D eigenvalue weighted by molar-refractivity contribution is 5.88. The summed E-state index contributed by atoms with van der Waals surface area (Å²) in [6.07, 6.45) is 9.37. The van der Waals surface area contributed by atoms with Crippen LogP contribution < -0.4 is 5.32 Å². The highest BCUT2D eigenvalue weighted by Crippen LogP contribution is 2.29. The summed E-state index contributed by atoms with van der Waals surface area (Å²) in [4.78, 5) is 30.5. The van der Waals surface area contributed by atoms with Gasteiger partial charge in [-0.2, -0.15) is 0 Å². The number of ether oxygens (including phenoxy) is 2. The molecule has 8 heteroatoms. The summed E-state index contributed by atoms with van der Waals surface area (Å²) in [5.74, 6) is 0.285. The predicted octanol–water partition coefficient (Wildman–Crippen LogP) is 4.70. The lowest BCUT2D eigenvalue weighted by molar-refractivity contribution is -0.157. The number of rotatable bonds is 14. The van der Waals surface area contributed by atoms with E-state index in [1.54, 1.807) is 4.90 Å². The minimum Gasteiger partial charge on any atom is -0.445 e. The van der Waals surface area contributed by atoms with Crippen LogP contribution in [0.3, 0.4) is 0 Å². The van der Waals surface area contributed by atoms with Crippen molar-refractivity contribution < 1.29 is 24.2 Å². The molecule has 1 aliphatic heterocycles. The SMILES string of the molecule is CC(C)N(CCCN1CCOCC1)C(=O)[C@@](O)(CCCCC1CCCCC1)NC(=O)OCc1ccccc1. The van der Waals surface area contributed by atoms with Gasteiger partial charge in [0.2, 0.25) is 5.72 Å². The number of alkyl carbamates (subject to hydrolysis) is 1. The third-order valence-corrected chi connectivity index (χ3v) is 7.86. The van der Waals surface area contributed by atoms with Gasteiger partial charge in [0, 0.05) is 38.6 Å². The molecular weight excluding hydrogens is 482 g/mol. The van der Waals surface area contributed by atoms with Crippen LogP contribution in [-0.2, 0) is 20.9 Å². The molecule has 2 fully saturated rings. The standard InChI is InChI=1S/C30H49N3O5/c1-25(2)33(19-11-18-32-20-22-37-23-21-32)28(34)30(36,17-10-9-14-26-12-5-3-6-13-26)31-29(35)38-24-27-15-7-4-8-16-27/h4,7-8,15-16,25-26,36H,3,5-6,9-14,17-24H2,1-2H3,(H,31,35)/t30-/m0/s1. The molecule has 1 saturated carbocycles. The largest absolute Gasteiger partial charge is 0.445 e. The molecule has 1 aromatic carbocycles. The summed E-state index contributed by atoms with van der Waals surface area (Å²) in [5, 5.41) is 14.2. The molecule has 1 saturated heterocycles. The van der Waals surface area contributed by atoms with E-state index in [4.69, 9.17) is 9.47 Å². The van der Waals surface area contributed by atoms with E-state index >= 15 is 0 Å². The Morgan fingerprint density at radius 2 is 1.82 bits per heavy atom. The minimum absolute atomic E-state index is 0.0755. The van der Waals surface area contributed by atoms with Crippen molar-refractivity contribution in [3.63, 3.8) is 0 Å². The van der Waals surface area contributed by atoms with Crippen molar-refractivity contribution in [2.45, 2.75) is 96.4 Å². The smallest absolute Gasteiger partial charge is 0.410 e. The van der Waals surface area contributed by atoms with Crippen LogP contribution in [0.15, 0.2) is 30.3 Å². The number of amides is 2. The zero-order valence-electron chi connectivity index (χ0n) is 23.5. The number of carbonyl (C=O) groups excluding carboxylic acids is 2. The van der Waals surface area contributed by atoms with Crippen LogP contribution in [0.4, 0.5) is 4.79 Å². The third-order valence-electron chi connectivity index (χ3n) is 7.86. The predicted molar refractivity (Wildman–Crippen MR) is 148 cm³/mol. The molecule has 1 atom stereocenters. The van der Waals surface area contributed by atoms with Crippen molar-refractivity contribution in [2.75, 3.05) is 39.4 Å². The number of hydrogen-bond acceptors (Lipinski definition) is 6. The maximum Gasteiger partial charge on any atom is 0.410 e. The Kier molecular flexibility index (Phi) is 12.8. The van der Waals surface area contributed by atoms with E-state index in [0.29, 0.717) is 13.0 Å². The van der Waals surface area contributed by atoms with E-state index in [0.717, 1.165) is 63.6 Å². The van der Waals surface area contributed by atoms with Crippen molar-refractivity contribution in [1.82, 2.24) is 15.1 Å². The highest BCUT2D eigenvalue weighted by atomic mass is 16.6. The normalized spacial score (nSPS) is 18.6. The van der Waals surface area contributed by atoms with Gasteiger partial charge >= 0.3 is 6.09 Å². The van der Waals surface area contributed by atoms with Gasteiger partial charge in [0.1, 0.15) is 6.61 Å². The monoisotopic (exact) mass is 531 g/mol. The Bertz CT molecular complexity index is 824. The lowest BCUT2D eigenvalue weighted by Crippen LogP contribution is -2.61. The molecule has 0 aromatic heterocycles. The van der Waals surface area contributed by atoms with Crippen LogP contribution >= 0.6 is 0 Å². The van der Waals surface area contributed by atoms with E-state index < -0.39 is 17.7 Å². The van der Waals surface area contributed by atoms with Gasteiger partial charge in [0.25, 0.3) is 5.91 Å². The molecule has 1 aromatic rings. The topological polar surface area (TPSA) is 91.3 Å². The van der Waals surface area contributed by atoms with Crippen LogP contribution in [-0.4, -0.2) is 78.1 Å². The maximum atomic E-state index is 13.8. The zero-order chi connectivity index (χ0) is 27.2. The Morgan fingerprint density at radius 3 is 2.50 bits per heavy atom. The second-order valence-electron chi connectivity index (χ2n) is 11.2. The fourth-order valence-electron chi connectivity index (χ4n) is 5.56. The van der Waals surface area contributed by atoms with Gasteiger partial charge in [-0.25, -0.2) is 4.79 Å². The summed E-state index contributed by atoms with van der Waals surface area (Å²) >= 11 is 0. The third kappa shape index (κ3) is 10.2. The fourth-order valence-corrected chi connectivity index (χ4v) is 5.56. The van der Waals surface area contributed by atoms with Crippen LogP contribution in [0.1, 0.15) is 83.6 Å². The Hall–Kier alpha value is -2.16. The molecule has 214 valence electrons. The maximum absolute atomic E-state index is 13.8. The fraction of sp³-hybridized carbons (Fsp3) is 0.733. The summed E-state index contributed by atoms with van der Waals surface area (Å²) < 4.78 is 10.8. The molecule has 0 radical (unpaired) electrons. The summed E-state index contributed by atoms with van der Waals surface area (Å²) in [6, 6.07) is 9.27. The minimum atomic E-state index is -2.00. The molecule has 2 aliphatic rings. The molecular formula is C30H49N3O5. The molecule has 1 aliphatic carbocycles. The number of hydrogen-bond donors (Lipinski definition) is 2. The van der Waals surface area contributed by atoms with Crippen LogP contribution in [0.5, 0.6) is 0 Å². The summed E-state index contributed by atoms with van der Waals surface area (Å²) in [6.45, 7) is 8.63. The van der Waals surface area contributed by atoms with Gasteiger partial charge in [0.05, 0.1) is 13.2 Å². The molecule has 2 N–H and O–H groups in total. The number of benzene rings is 1. The molecule has 3 rings (SSSR count). The highest BCUT2D eigenvalue weighted by Gasteiger charge is 2.41. The molecule has 38 heavy (non-hydrogen) atoms. The number of aliphatic hydroxyl groups is 1. The second kappa shape index (κ2) is 16.1. The first kappa shape index (κ1) is 30.4. The summed E-state index contributed by atoms with van der Waals surface area (Å²) in [7, 11) is 0. The van der Waals surface area contributed by atoms with Gasteiger partial charge in [-0.15, -0.1) is 0 Å². The lowest BCUT2D eigenvalue weighted by Gasteiger charge is -2.36. The lowest BCUT2D eigenvalue weighted by atomic mass is 9.85. The van der Waals surface area contributed by atoms with E-state index in [1.165, 1.54) is 32.1 Å². The quantitative estimate of drug-likeness (QED) is 0.267. The Balaban J connectivity index is 1.59. The van der Waals surface area contributed by atoms with E-state index in [9.17, 15) is 14.7 Å². The molecule has 0 unspecified atom stereocenters. The van der Waals surface area contributed by atoms with Crippen LogP contribution in [0, 0.1) is 5.92 Å². The number of nitrogens with zero attached hydrogens (tertiary/aromatic N) is 2. The first-order valence-electron chi connectivity index (χ1n) is 14.7. The van der Waals surface area contributed by atoms with E-state index in [-0.39, 0.29) is 19.1 Å². The van der Waals surface area contributed by atoms with Gasteiger partial charge in [-0.3, -0.25) is 15.0 Å². The average Bonchev–Trinajstić information content (AvgIpc) is 2.93. The first-order valence-corrected chi connectivity index (χ1v) is 14.7. The van der Waals surface area contributed by atoms with Gasteiger partial charge in [-0.1, -0.05) is 75.3 Å². The Labute approximate surface area is 229 Å². The van der Waals surface area contributed by atoms with Crippen molar-refractivity contribution >= 4 is 12.0 Å². The molecule has 2 amide bonds. The first-order chi connectivity index (χ1) is 18.4. The molecule has 1 heterocycles. The number of morpholine rings is 1. The molecule has 0 spiro atoms. The van der Waals surface area contributed by atoms with Crippen molar-refractivity contribution in [3.8, 4) is 0 Å². The zero-order valence-corrected chi connectivity index (χ0v) is 23.5. The number of carbonyl (C=O) groups is 2. The average molecular weight is 532 g/mol. The van der Waals surface area contributed by atoms with Crippen LogP contribution in [0.25, 0.3) is 0 Å². The molecule has 0 bridgehead atoms. The van der Waals surface area contributed by atoms with Gasteiger partial charge in [0.15, 0.2) is 0 Å². The van der Waals surface area contributed by atoms with Crippen molar-refractivity contribution in [1.29, 1.82) is 0 Å². The molecule has 8 nitrogen and oxygen atoms in total. The number of unbranched alkanes of at least 4 members (excludes halogenated alkanes) is 1. The van der Waals surface area contributed by atoms with Gasteiger partial charge < -0.3 is 19.5 Å². The van der Waals surface area contributed by atoms with E-state index in [2.05, 4.69) is 10.2 Å². The number of nitrogens with one attached hydrogen (secondary N) is 1. The van der Waals surface area contributed by atoms with Crippen LogP contribution in [0.2, 0.25) is 0 Å².